The zero-order valence-corrected chi connectivity index (χ0v) is 22.0. The number of hydrogen-bond acceptors (Lipinski definition) is 9. The minimum Gasteiger partial charge on any atom is -0.450 e. The van der Waals surface area contributed by atoms with Crippen molar-refractivity contribution in [3.8, 4) is 11.4 Å². The van der Waals surface area contributed by atoms with Crippen LogP contribution in [-0.4, -0.2) is 38.9 Å². The quantitative estimate of drug-likeness (QED) is 0.279. The van der Waals surface area contributed by atoms with Gasteiger partial charge in [-0.3, -0.25) is 14.0 Å². The highest BCUT2D eigenvalue weighted by Gasteiger charge is 2.33. The van der Waals surface area contributed by atoms with Crippen LogP contribution in [0.2, 0.25) is 10.2 Å². The summed E-state index contributed by atoms with van der Waals surface area (Å²) in [6.07, 6.45) is 3.81. The number of hydrogen-bond donors (Lipinski definition) is 2. The SMILES string of the molecule is Cn1cc(-n2cc(C(F)(F)F)cc(Nc3nc4ncc(O/C(=C/N)c5nccnc5Cl)c(Cl)c4n3C)c2=O)cn1. The highest BCUT2D eigenvalue weighted by molar-refractivity contribution is 6.36. The summed E-state index contributed by atoms with van der Waals surface area (Å²) < 4.78 is 50.5. The van der Waals surface area contributed by atoms with Gasteiger partial charge in [0.05, 0.1) is 23.6 Å². The molecule has 0 fully saturated rings. The molecule has 0 radical (unpaired) electrons. The minimum atomic E-state index is -4.74. The Bertz CT molecular complexity index is 1850. The smallest absolute Gasteiger partial charge is 0.417 e. The van der Waals surface area contributed by atoms with Gasteiger partial charge in [-0.2, -0.15) is 23.3 Å². The number of rotatable bonds is 6. The average molecular weight is 593 g/mol. The molecule has 0 unspecified atom stereocenters. The molecule has 0 aliphatic heterocycles. The fraction of sp³-hybridized carbons (Fsp3) is 0.130. The maximum Gasteiger partial charge on any atom is 0.417 e. The predicted molar refractivity (Wildman–Crippen MR) is 140 cm³/mol. The molecule has 5 rings (SSSR count). The summed E-state index contributed by atoms with van der Waals surface area (Å²) >= 11 is 12.7. The van der Waals surface area contributed by atoms with Crippen LogP contribution in [0.3, 0.4) is 0 Å². The molecule has 0 aromatic carbocycles. The predicted octanol–water partition coefficient (Wildman–Crippen LogP) is 4.05. The second-order valence-electron chi connectivity index (χ2n) is 8.24. The Labute approximate surface area is 232 Å². The van der Waals surface area contributed by atoms with Crippen LogP contribution in [0.25, 0.3) is 22.6 Å². The number of alkyl halides is 3. The molecule has 0 saturated carbocycles. The van der Waals surface area contributed by atoms with Gasteiger partial charge in [0.2, 0.25) is 5.95 Å². The molecular formula is C23H17Cl2F3N10O2. The van der Waals surface area contributed by atoms with E-state index in [4.69, 9.17) is 33.7 Å². The second kappa shape index (κ2) is 10.2. The zero-order chi connectivity index (χ0) is 28.8. The Hall–Kier alpha value is -4.63. The number of fused-ring (bicyclic) bond motifs is 1. The van der Waals surface area contributed by atoms with Gasteiger partial charge in [-0.1, -0.05) is 23.2 Å². The summed E-state index contributed by atoms with van der Waals surface area (Å²) in [7, 11) is 3.10. The lowest BCUT2D eigenvalue weighted by Crippen LogP contribution is -2.24. The van der Waals surface area contributed by atoms with Crippen LogP contribution in [0.1, 0.15) is 11.3 Å². The van der Waals surface area contributed by atoms with Crippen LogP contribution in [0.5, 0.6) is 5.75 Å². The minimum absolute atomic E-state index is 0.0118. The van der Waals surface area contributed by atoms with Crippen molar-refractivity contribution in [2.45, 2.75) is 6.18 Å². The first-order chi connectivity index (χ1) is 19.0. The molecule has 40 heavy (non-hydrogen) atoms. The van der Waals surface area contributed by atoms with E-state index < -0.39 is 23.0 Å². The molecule has 0 saturated heterocycles. The molecule has 0 spiro atoms. The van der Waals surface area contributed by atoms with Crippen LogP contribution in [0.15, 0.2) is 54.2 Å². The van der Waals surface area contributed by atoms with E-state index in [2.05, 4.69) is 30.4 Å². The molecule has 5 aromatic heterocycles. The summed E-state index contributed by atoms with van der Waals surface area (Å²) in [6.45, 7) is 0. The summed E-state index contributed by atoms with van der Waals surface area (Å²) in [5.41, 5.74) is 4.15. The monoisotopic (exact) mass is 592 g/mol. The van der Waals surface area contributed by atoms with E-state index in [1.807, 2.05) is 0 Å². The van der Waals surface area contributed by atoms with Gasteiger partial charge >= 0.3 is 6.18 Å². The summed E-state index contributed by atoms with van der Waals surface area (Å²) in [4.78, 5) is 29.7. The zero-order valence-electron chi connectivity index (χ0n) is 20.5. The van der Waals surface area contributed by atoms with Gasteiger partial charge in [0.1, 0.15) is 21.9 Å². The normalized spacial score (nSPS) is 12.2. The van der Waals surface area contributed by atoms with Crippen LogP contribution in [-0.2, 0) is 20.3 Å². The molecule has 5 heterocycles. The number of aromatic nitrogens is 8. The third-order valence-electron chi connectivity index (χ3n) is 5.62. The van der Waals surface area contributed by atoms with Crippen molar-refractivity contribution < 1.29 is 17.9 Å². The summed E-state index contributed by atoms with van der Waals surface area (Å²) in [5, 5.41) is 6.69. The Kier molecular flexibility index (Phi) is 6.85. The van der Waals surface area contributed by atoms with Crippen LogP contribution in [0, 0.1) is 0 Å². The first-order valence-electron chi connectivity index (χ1n) is 11.2. The Morgan fingerprint density at radius 3 is 2.52 bits per heavy atom. The Morgan fingerprint density at radius 2 is 1.88 bits per heavy atom. The fourth-order valence-corrected chi connectivity index (χ4v) is 4.23. The molecule has 17 heteroatoms. The van der Waals surface area contributed by atoms with Crippen molar-refractivity contribution in [3.63, 3.8) is 0 Å². The van der Waals surface area contributed by atoms with Crippen LogP contribution in [0.4, 0.5) is 24.8 Å². The van der Waals surface area contributed by atoms with Crippen molar-refractivity contribution in [2.24, 2.45) is 19.8 Å². The van der Waals surface area contributed by atoms with Crippen molar-refractivity contribution in [2.75, 3.05) is 5.32 Å². The maximum absolute atomic E-state index is 13.7. The first-order valence-corrected chi connectivity index (χ1v) is 11.9. The highest BCUT2D eigenvalue weighted by atomic mass is 35.5. The van der Waals surface area contributed by atoms with E-state index in [9.17, 15) is 18.0 Å². The van der Waals surface area contributed by atoms with Crippen molar-refractivity contribution in [1.82, 2.24) is 38.9 Å². The third kappa shape index (κ3) is 4.91. The number of nitrogens with one attached hydrogen (secondary N) is 1. The van der Waals surface area contributed by atoms with E-state index in [0.29, 0.717) is 12.3 Å². The number of aryl methyl sites for hydroxylation is 2. The van der Waals surface area contributed by atoms with Gasteiger partial charge in [0.15, 0.2) is 22.3 Å². The lowest BCUT2D eigenvalue weighted by Gasteiger charge is -2.14. The number of nitrogens with zero attached hydrogens (tertiary/aromatic N) is 8. The lowest BCUT2D eigenvalue weighted by atomic mass is 10.2. The van der Waals surface area contributed by atoms with E-state index in [1.54, 1.807) is 7.05 Å². The van der Waals surface area contributed by atoms with E-state index >= 15 is 0 Å². The molecule has 3 N–H and O–H groups in total. The standard InChI is InChI=1S/C23H17Cl2F3N10O2/c1-36-10-12(7-33-36)38-9-11(23(26,27)28)5-13(21(38)39)34-22-35-20-18(37(22)2)16(24)15(8-32-20)40-14(6-29)17-19(25)31-4-3-30-17/h3-10H,29H2,1-2H3,(H,32,34,35)/b14-6+. The van der Waals surface area contributed by atoms with Gasteiger partial charge in [0.25, 0.3) is 5.56 Å². The number of anilines is 2. The number of nitrogens with two attached hydrogens (primary N) is 1. The second-order valence-corrected chi connectivity index (χ2v) is 8.98. The molecule has 206 valence electrons. The van der Waals surface area contributed by atoms with Gasteiger partial charge in [-0.25, -0.2) is 15.0 Å². The number of pyridine rings is 2. The lowest BCUT2D eigenvalue weighted by molar-refractivity contribution is -0.137. The van der Waals surface area contributed by atoms with Gasteiger partial charge in [0, 0.05) is 45.1 Å². The van der Waals surface area contributed by atoms with E-state index in [0.717, 1.165) is 10.8 Å². The largest absolute Gasteiger partial charge is 0.450 e. The molecule has 0 amide bonds. The number of imidazole rings is 1. The average Bonchev–Trinajstić information content (AvgIpc) is 3.48. The number of ether oxygens (including phenoxy) is 1. The van der Waals surface area contributed by atoms with Crippen molar-refractivity contribution >= 4 is 51.8 Å². The topological polar surface area (TPSA) is 144 Å². The van der Waals surface area contributed by atoms with Gasteiger partial charge in [-0.15, -0.1) is 0 Å². The molecule has 0 aliphatic rings. The van der Waals surface area contributed by atoms with Gasteiger partial charge in [-0.05, 0) is 6.07 Å². The fourth-order valence-electron chi connectivity index (χ4n) is 3.73. The molecule has 0 aliphatic carbocycles. The Morgan fingerprint density at radius 1 is 1.12 bits per heavy atom. The Balaban J connectivity index is 1.56. The summed E-state index contributed by atoms with van der Waals surface area (Å²) in [6, 6.07) is 0.696. The molecule has 0 bridgehead atoms. The first kappa shape index (κ1) is 27.0. The molecule has 0 atom stereocenters. The van der Waals surface area contributed by atoms with Crippen molar-refractivity contribution in [3.05, 3.63) is 81.2 Å². The van der Waals surface area contributed by atoms with Crippen LogP contribution >= 0.6 is 23.2 Å². The summed E-state index contributed by atoms with van der Waals surface area (Å²) in [5.74, 6) is 0.0870. The highest BCUT2D eigenvalue weighted by Crippen LogP contribution is 2.36. The molecule has 12 nitrogen and oxygen atoms in total. The third-order valence-corrected chi connectivity index (χ3v) is 6.27. The van der Waals surface area contributed by atoms with Gasteiger partial charge < -0.3 is 20.4 Å². The van der Waals surface area contributed by atoms with Crippen LogP contribution < -0.4 is 21.3 Å². The molecular weight excluding hydrogens is 576 g/mol. The molecule has 5 aromatic rings. The number of halogens is 5. The maximum atomic E-state index is 13.7. The van der Waals surface area contributed by atoms with E-state index in [-0.39, 0.29) is 50.2 Å². The van der Waals surface area contributed by atoms with Crippen molar-refractivity contribution in [1.29, 1.82) is 0 Å². The van der Waals surface area contributed by atoms with E-state index in [1.165, 1.54) is 47.3 Å².